The lowest BCUT2D eigenvalue weighted by Gasteiger charge is -2.28. The van der Waals surface area contributed by atoms with Crippen molar-refractivity contribution >= 4 is 23.1 Å². The smallest absolute Gasteiger partial charge is 0.137 e. The second-order valence-corrected chi connectivity index (χ2v) is 12.5. The third kappa shape index (κ3) is 5.63. The predicted molar refractivity (Wildman–Crippen MR) is 176 cm³/mol. The van der Waals surface area contributed by atoms with E-state index >= 15 is 0 Å². The largest absolute Gasteiger partial charge is 0.487 e. The van der Waals surface area contributed by atoms with Crippen LogP contribution < -0.4 is 4.74 Å². The molecule has 2 heterocycles. The number of benzene rings is 3. The van der Waals surface area contributed by atoms with Gasteiger partial charge in [-0.2, -0.15) is 0 Å². The molecule has 0 bridgehead atoms. The standard InChI is InChI=1S/C38H40N2O/c1-9-15-34-29(10-2)30-16-11-12-18-35(30)40(34)28-21-19-26(20-22-28)31-24-27(37(3,4)5)25-32(33-17-13-14-23-39-33)36(31)41-38(6,7)8/h9-25H,2H2,1,3-8H3/b15-9-. The molecule has 0 aliphatic rings. The summed E-state index contributed by atoms with van der Waals surface area (Å²) < 4.78 is 9.03. The van der Waals surface area contributed by atoms with Crippen LogP contribution in [0.15, 0.2) is 97.7 Å². The molecule has 0 saturated carbocycles. The highest BCUT2D eigenvalue weighted by Crippen LogP contribution is 2.44. The highest BCUT2D eigenvalue weighted by molar-refractivity contribution is 5.95. The Labute approximate surface area is 244 Å². The van der Waals surface area contributed by atoms with Crippen LogP contribution in [0.5, 0.6) is 5.75 Å². The molecule has 0 aliphatic carbocycles. The van der Waals surface area contributed by atoms with Crippen LogP contribution in [-0.2, 0) is 5.41 Å². The van der Waals surface area contributed by atoms with Gasteiger partial charge in [-0.15, -0.1) is 0 Å². The molecule has 0 aliphatic heterocycles. The molecule has 0 spiro atoms. The van der Waals surface area contributed by atoms with Crippen LogP contribution in [0.2, 0.25) is 0 Å². The van der Waals surface area contributed by atoms with E-state index in [1.165, 1.54) is 10.9 Å². The Morgan fingerprint density at radius 1 is 0.829 bits per heavy atom. The first-order valence-corrected chi connectivity index (χ1v) is 14.3. The van der Waals surface area contributed by atoms with Gasteiger partial charge in [0.2, 0.25) is 0 Å². The van der Waals surface area contributed by atoms with E-state index in [2.05, 4.69) is 138 Å². The molecular weight excluding hydrogens is 500 g/mol. The number of nitrogens with zero attached hydrogens (tertiary/aromatic N) is 2. The molecule has 0 radical (unpaired) electrons. The van der Waals surface area contributed by atoms with Gasteiger partial charge in [-0.25, -0.2) is 0 Å². The molecule has 41 heavy (non-hydrogen) atoms. The summed E-state index contributed by atoms with van der Waals surface area (Å²) in [5, 5.41) is 1.19. The number of para-hydroxylation sites is 1. The number of fused-ring (bicyclic) bond motifs is 1. The van der Waals surface area contributed by atoms with Crippen LogP contribution >= 0.6 is 0 Å². The Balaban J connectivity index is 1.74. The van der Waals surface area contributed by atoms with E-state index < -0.39 is 0 Å². The molecule has 0 unspecified atom stereocenters. The summed E-state index contributed by atoms with van der Waals surface area (Å²) in [6, 6.07) is 27.9. The van der Waals surface area contributed by atoms with E-state index in [0.29, 0.717) is 0 Å². The van der Waals surface area contributed by atoms with Crippen LogP contribution in [0.4, 0.5) is 0 Å². The van der Waals surface area contributed by atoms with Crippen LogP contribution in [0.3, 0.4) is 0 Å². The lowest BCUT2D eigenvalue weighted by molar-refractivity contribution is 0.132. The van der Waals surface area contributed by atoms with Gasteiger partial charge in [-0.3, -0.25) is 4.98 Å². The molecule has 3 aromatic carbocycles. The fraction of sp³-hybridized carbons (Fsp3) is 0.237. The van der Waals surface area contributed by atoms with E-state index in [4.69, 9.17) is 9.72 Å². The summed E-state index contributed by atoms with van der Waals surface area (Å²) in [6.45, 7) is 19.2. The maximum atomic E-state index is 6.72. The Hall–Kier alpha value is -4.37. The molecule has 0 amide bonds. The third-order valence-corrected chi connectivity index (χ3v) is 7.22. The second-order valence-electron chi connectivity index (χ2n) is 12.5. The molecular formula is C38H40N2O. The minimum absolute atomic E-state index is 0.0506. The minimum Gasteiger partial charge on any atom is -0.487 e. The van der Waals surface area contributed by atoms with Gasteiger partial charge >= 0.3 is 0 Å². The first-order valence-electron chi connectivity index (χ1n) is 14.3. The van der Waals surface area contributed by atoms with E-state index in [1.807, 2.05) is 24.4 Å². The van der Waals surface area contributed by atoms with Gasteiger partial charge in [0.25, 0.3) is 0 Å². The second kappa shape index (κ2) is 10.9. The van der Waals surface area contributed by atoms with Gasteiger partial charge in [0, 0.05) is 34.0 Å². The maximum absolute atomic E-state index is 6.72. The molecule has 208 valence electrons. The number of aromatic nitrogens is 2. The summed E-state index contributed by atoms with van der Waals surface area (Å²) in [6.07, 6.45) is 8.04. The van der Waals surface area contributed by atoms with Crippen LogP contribution in [0, 0.1) is 0 Å². The molecule has 5 aromatic rings. The van der Waals surface area contributed by atoms with Gasteiger partial charge in [0.05, 0.1) is 16.9 Å². The fourth-order valence-corrected chi connectivity index (χ4v) is 5.29. The molecule has 5 rings (SSSR count). The average molecular weight is 541 g/mol. The molecule has 0 atom stereocenters. The van der Waals surface area contributed by atoms with Crippen molar-refractivity contribution in [2.24, 2.45) is 0 Å². The van der Waals surface area contributed by atoms with E-state index in [-0.39, 0.29) is 11.0 Å². The maximum Gasteiger partial charge on any atom is 0.137 e. The Morgan fingerprint density at radius 3 is 2.12 bits per heavy atom. The third-order valence-electron chi connectivity index (χ3n) is 7.22. The van der Waals surface area contributed by atoms with Crippen LogP contribution in [0.25, 0.3) is 51.1 Å². The van der Waals surface area contributed by atoms with E-state index in [0.717, 1.165) is 50.6 Å². The van der Waals surface area contributed by atoms with Crippen molar-refractivity contribution in [1.82, 2.24) is 9.55 Å². The Kier molecular flexibility index (Phi) is 7.48. The monoisotopic (exact) mass is 540 g/mol. The summed E-state index contributed by atoms with van der Waals surface area (Å²) >= 11 is 0. The molecule has 2 aromatic heterocycles. The lowest BCUT2D eigenvalue weighted by Crippen LogP contribution is -2.24. The summed E-state index contributed by atoms with van der Waals surface area (Å²) in [5.41, 5.74) is 9.41. The molecule has 0 N–H and O–H groups in total. The number of ether oxygens (including phenoxy) is 1. The van der Waals surface area contributed by atoms with E-state index in [9.17, 15) is 0 Å². The van der Waals surface area contributed by atoms with Crippen molar-refractivity contribution in [3.05, 3.63) is 115 Å². The number of rotatable bonds is 6. The minimum atomic E-state index is -0.381. The first kappa shape index (κ1) is 28.2. The van der Waals surface area contributed by atoms with Crippen molar-refractivity contribution in [2.75, 3.05) is 0 Å². The average Bonchev–Trinajstić information content (AvgIpc) is 3.25. The fourth-order valence-electron chi connectivity index (χ4n) is 5.29. The van der Waals surface area contributed by atoms with Crippen molar-refractivity contribution in [2.45, 2.75) is 59.5 Å². The van der Waals surface area contributed by atoms with Crippen LogP contribution in [-0.4, -0.2) is 15.2 Å². The quantitative estimate of drug-likeness (QED) is 0.214. The number of pyridine rings is 1. The topological polar surface area (TPSA) is 27.1 Å². The Bertz CT molecular complexity index is 1720. The predicted octanol–water partition coefficient (Wildman–Crippen LogP) is 10.5. The Morgan fingerprint density at radius 2 is 1.51 bits per heavy atom. The zero-order valence-electron chi connectivity index (χ0n) is 25.3. The molecule has 0 saturated heterocycles. The SMILES string of the molecule is C=Cc1c(/C=C\C)n(-c2ccc(-c3cc(C(C)(C)C)cc(-c4ccccn4)c3OC(C)(C)C)cc2)c2ccccc12. The van der Waals surface area contributed by atoms with Crippen molar-refractivity contribution < 1.29 is 4.74 Å². The number of hydrogen-bond donors (Lipinski definition) is 0. The zero-order chi connectivity index (χ0) is 29.4. The van der Waals surface area contributed by atoms with Crippen LogP contribution in [0.1, 0.15) is 65.3 Å². The number of allylic oxidation sites excluding steroid dienone is 1. The number of hydrogen-bond acceptors (Lipinski definition) is 2. The highest BCUT2D eigenvalue weighted by Gasteiger charge is 2.25. The first-order chi connectivity index (χ1) is 19.5. The van der Waals surface area contributed by atoms with Crippen molar-refractivity contribution in [3.63, 3.8) is 0 Å². The summed E-state index contributed by atoms with van der Waals surface area (Å²) in [7, 11) is 0. The molecule has 3 nitrogen and oxygen atoms in total. The van der Waals surface area contributed by atoms with Gasteiger partial charge in [-0.05, 0) is 92.8 Å². The van der Waals surface area contributed by atoms with Gasteiger partial charge < -0.3 is 9.30 Å². The molecule has 0 fully saturated rings. The van der Waals surface area contributed by atoms with Gasteiger partial charge in [0.1, 0.15) is 11.4 Å². The van der Waals surface area contributed by atoms with Gasteiger partial charge in [0.15, 0.2) is 0 Å². The highest BCUT2D eigenvalue weighted by atomic mass is 16.5. The van der Waals surface area contributed by atoms with Gasteiger partial charge in [-0.1, -0.05) is 75.9 Å². The van der Waals surface area contributed by atoms with E-state index in [1.54, 1.807) is 0 Å². The zero-order valence-corrected chi connectivity index (χ0v) is 25.3. The normalized spacial score (nSPS) is 12.3. The summed E-state index contributed by atoms with van der Waals surface area (Å²) in [4.78, 5) is 4.72. The molecule has 3 heteroatoms. The summed E-state index contributed by atoms with van der Waals surface area (Å²) in [5.74, 6) is 0.854. The van der Waals surface area contributed by atoms with Crippen molar-refractivity contribution in [3.8, 4) is 33.8 Å². The van der Waals surface area contributed by atoms with Crippen molar-refractivity contribution in [1.29, 1.82) is 0 Å². The lowest BCUT2D eigenvalue weighted by atomic mass is 9.83.